The number of carbonyl (C=O) groups is 1. The van der Waals surface area contributed by atoms with Gasteiger partial charge in [0.1, 0.15) is 0 Å². The predicted octanol–water partition coefficient (Wildman–Crippen LogP) is 7.63. The van der Waals surface area contributed by atoms with Crippen molar-refractivity contribution in [1.29, 1.82) is 0 Å². The monoisotopic (exact) mass is 451 g/mol. The summed E-state index contributed by atoms with van der Waals surface area (Å²) in [6.45, 7) is 3.68. The smallest absolute Gasteiger partial charge is 0.321 e. The molecule has 1 aliphatic carbocycles. The van der Waals surface area contributed by atoms with Gasteiger partial charge in [0.25, 0.3) is 5.91 Å². The van der Waals surface area contributed by atoms with Gasteiger partial charge in [0, 0.05) is 5.56 Å². The second-order valence-electron chi connectivity index (χ2n) is 8.97. The van der Waals surface area contributed by atoms with Crippen LogP contribution in [0.3, 0.4) is 0 Å². The van der Waals surface area contributed by atoms with Crippen LogP contribution in [-0.4, -0.2) is 5.91 Å². The molecule has 0 aliphatic heterocycles. The summed E-state index contributed by atoms with van der Waals surface area (Å²) in [6, 6.07) is 18.3. The first-order valence-corrected chi connectivity index (χ1v) is 11.4. The Morgan fingerprint density at radius 2 is 1.55 bits per heavy atom. The maximum Gasteiger partial charge on any atom is 0.418 e. The Balaban J connectivity index is 1.51. The first-order valence-electron chi connectivity index (χ1n) is 11.4. The Kier molecular flexibility index (Phi) is 6.59. The van der Waals surface area contributed by atoms with Crippen LogP contribution in [0.15, 0.2) is 60.7 Å². The summed E-state index contributed by atoms with van der Waals surface area (Å²) in [4.78, 5) is 13.1. The van der Waals surface area contributed by atoms with E-state index >= 15 is 0 Å². The lowest BCUT2D eigenvalue weighted by atomic mass is 9.95. The Labute approximate surface area is 192 Å². The first-order chi connectivity index (χ1) is 15.7. The molecule has 172 valence electrons. The average Bonchev–Trinajstić information content (AvgIpc) is 3.59. The molecule has 4 rings (SSSR count). The molecule has 1 amide bonds. The average molecular weight is 452 g/mol. The quantitative estimate of drug-likeness (QED) is 0.393. The number of aryl methyl sites for hydroxylation is 4. The van der Waals surface area contributed by atoms with Crippen LogP contribution in [0.1, 0.15) is 68.9 Å². The van der Waals surface area contributed by atoms with Gasteiger partial charge in [-0.15, -0.1) is 0 Å². The molecule has 1 aliphatic rings. The lowest BCUT2D eigenvalue weighted by molar-refractivity contribution is -0.136. The van der Waals surface area contributed by atoms with Crippen LogP contribution >= 0.6 is 0 Å². The van der Waals surface area contributed by atoms with Crippen molar-refractivity contribution in [2.45, 2.75) is 58.0 Å². The number of alkyl halides is 3. The third-order valence-corrected chi connectivity index (χ3v) is 6.24. The lowest BCUT2D eigenvalue weighted by Gasteiger charge is -2.17. The van der Waals surface area contributed by atoms with Crippen LogP contribution < -0.4 is 5.32 Å². The summed E-state index contributed by atoms with van der Waals surface area (Å²) in [5.74, 6) is -0.208. The van der Waals surface area contributed by atoms with E-state index in [1.807, 2.05) is 44.2 Å². The lowest BCUT2D eigenvalue weighted by Crippen LogP contribution is -2.19. The molecular formula is C28H28F3NO. The van der Waals surface area contributed by atoms with E-state index in [2.05, 4.69) is 17.4 Å². The number of anilines is 1. The summed E-state index contributed by atoms with van der Waals surface area (Å²) in [5.41, 5.74) is 4.27. The summed E-state index contributed by atoms with van der Waals surface area (Å²) in [7, 11) is 0. The zero-order valence-corrected chi connectivity index (χ0v) is 18.9. The number of hydrogen-bond acceptors (Lipinski definition) is 1. The topological polar surface area (TPSA) is 29.1 Å². The number of nitrogens with one attached hydrogen (secondary N) is 1. The van der Waals surface area contributed by atoms with Crippen molar-refractivity contribution in [3.05, 3.63) is 99.6 Å². The minimum absolute atomic E-state index is 0.164. The number of amides is 1. The fourth-order valence-corrected chi connectivity index (χ4v) is 4.46. The Hall–Kier alpha value is -3.08. The highest BCUT2D eigenvalue weighted by atomic mass is 19.4. The Morgan fingerprint density at radius 1 is 0.909 bits per heavy atom. The number of hydrogen-bond donors (Lipinski definition) is 1. The molecule has 0 aromatic heterocycles. The minimum Gasteiger partial charge on any atom is -0.321 e. The van der Waals surface area contributed by atoms with Crippen molar-refractivity contribution in [1.82, 2.24) is 0 Å². The number of benzene rings is 3. The molecule has 0 unspecified atom stereocenters. The highest BCUT2D eigenvalue weighted by Crippen LogP contribution is 2.43. The van der Waals surface area contributed by atoms with Crippen molar-refractivity contribution in [2.24, 2.45) is 0 Å². The van der Waals surface area contributed by atoms with Gasteiger partial charge in [0.15, 0.2) is 0 Å². The molecule has 1 saturated carbocycles. The maximum atomic E-state index is 13.6. The van der Waals surface area contributed by atoms with Gasteiger partial charge in [-0.3, -0.25) is 4.79 Å². The second kappa shape index (κ2) is 9.42. The molecule has 3 aromatic carbocycles. The van der Waals surface area contributed by atoms with Crippen molar-refractivity contribution < 1.29 is 18.0 Å². The molecule has 0 bridgehead atoms. The van der Waals surface area contributed by atoms with E-state index in [4.69, 9.17) is 0 Å². The summed E-state index contributed by atoms with van der Waals surface area (Å²) >= 11 is 0. The zero-order chi connectivity index (χ0) is 23.6. The summed E-state index contributed by atoms with van der Waals surface area (Å²) in [6.07, 6.45) is 0.249. The fraction of sp³-hybridized carbons (Fsp3) is 0.321. The third-order valence-electron chi connectivity index (χ3n) is 6.24. The predicted molar refractivity (Wildman–Crippen MR) is 126 cm³/mol. The normalized spacial score (nSPS) is 13.7. The van der Waals surface area contributed by atoms with Crippen LogP contribution in [0.2, 0.25) is 0 Å². The molecule has 0 heterocycles. The van der Waals surface area contributed by atoms with Gasteiger partial charge in [-0.25, -0.2) is 0 Å². The van der Waals surface area contributed by atoms with Crippen LogP contribution in [0.4, 0.5) is 18.9 Å². The molecule has 1 fully saturated rings. The number of halogens is 3. The second-order valence-corrected chi connectivity index (χ2v) is 8.97. The van der Waals surface area contributed by atoms with Gasteiger partial charge in [0.2, 0.25) is 0 Å². The molecule has 0 spiro atoms. The molecule has 0 radical (unpaired) electrons. The minimum atomic E-state index is -4.53. The van der Waals surface area contributed by atoms with Gasteiger partial charge in [-0.2, -0.15) is 13.2 Å². The van der Waals surface area contributed by atoms with Crippen LogP contribution in [0.5, 0.6) is 0 Å². The van der Waals surface area contributed by atoms with Crippen LogP contribution in [0.25, 0.3) is 0 Å². The highest BCUT2D eigenvalue weighted by molar-refractivity contribution is 6.06. The van der Waals surface area contributed by atoms with Crippen molar-refractivity contribution in [3.63, 3.8) is 0 Å². The Bertz CT molecular complexity index is 1120. The zero-order valence-electron chi connectivity index (χ0n) is 18.9. The largest absolute Gasteiger partial charge is 0.418 e. The van der Waals surface area contributed by atoms with E-state index in [9.17, 15) is 18.0 Å². The molecule has 0 atom stereocenters. The highest BCUT2D eigenvalue weighted by Gasteiger charge is 2.35. The van der Waals surface area contributed by atoms with Crippen molar-refractivity contribution >= 4 is 11.6 Å². The van der Waals surface area contributed by atoms with Gasteiger partial charge in [-0.1, -0.05) is 48.5 Å². The van der Waals surface area contributed by atoms with E-state index < -0.39 is 17.6 Å². The van der Waals surface area contributed by atoms with Crippen LogP contribution in [-0.2, 0) is 19.0 Å². The standard InChI is InChI=1S/C28H28F3NO/c1-18-15-21(10-6-9-20-7-4-3-5-8-20)16-19(2)26(18)27(33)32-25-17-23(22-11-12-22)13-14-24(25)28(29,30)31/h3-5,7-8,13-17,22H,6,9-12H2,1-2H3,(H,32,33). The molecule has 1 N–H and O–H groups in total. The van der Waals surface area contributed by atoms with E-state index in [1.165, 1.54) is 17.7 Å². The van der Waals surface area contributed by atoms with Crippen molar-refractivity contribution in [3.8, 4) is 0 Å². The first kappa shape index (κ1) is 23.1. The summed E-state index contributed by atoms with van der Waals surface area (Å²) in [5, 5.41) is 2.56. The fourth-order valence-electron chi connectivity index (χ4n) is 4.46. The van der Waals surface area contributed by atoms with Gasteiger partial charge in [0.05, 0.1) is 11.3 Å². The molecule has 5 heteroatoms. The Morgan fingerprint density at radius 3 is 2.15 bits per heavy atom. The van der Waals surface area contributed by atoms with Gasteiger partial charge < -0.3 is 5.32 Å². The maximum absolute atomic E-state index is 13.6. The van der Waals surface area contributed by atoms with E-state index in [0.717, 1.165) is 60.4 Å². The molecule has 2 nitrogen and oxygen atoms in total. The summed E-state index contributed by atoms with van der Waals surface area (Å²) < 4.78 is 40.7. The number of rotatable bonds is 7. The molecule has 3 aromatic rings. The van der Waals surface area contributed by atoms with Crippen molar-refractivity contribution in [2.75, 3.05) is 5.32 Å². The number of carbonyl (C=O) groups excluding carboxylic acids is 1. The van der Waals surface area contributed by atoms with Gasteiger partial charge >= 0.3 is 6.18 Å². The third kappa shape index (κ3) is 5.65. The molecule has 33 heavy (non-hydrogen) atoms. The molecule has 0 saturated heterocycles. The van der Waals surface area contributed by atoms with Crippen LogP contribution in [0, 0.1) is 13.8 Å². The van der Waals surface area contributed by atoms with E-state index in [0.29, 0.717) is 11.5 Å². The van der Waals surface area contributed by atoms with E-state index in [-0.39, 0.29) is 5.69 Å². The van der Waals surface area contributed by atoms with Gasteiger partial charge in [-0.05, 0) is 91.8 Å². The van der Waals surface area contributed by atoms with E-state index in [1.54, 1.807) is 0 Å². The SMILES string of the molecule is Cc1cc(CCCc2ccccc2)cc(C)c1C(=O)Nc1cc(C2CC2)ccc1C(F)(F)F. The molecular weight excluding hydrogens is 423 g/mol.